The van der Waals surface area contributed by atoms with Gasteiger partial charge in [0.15, 0.2) is 9.84 Å². The van der Waals surface area contributed by atoms with Crippen molar-refractivity contribution in [3.8, 4) is 0 Å². The van der Waals surface area contributed by atoms with E-state index in [1.54, 1.807) is 36.5 Å². The summed E-state index contributed by atoms with van der Waals surface area (Å²) in [5.74, 6) is 1.59. The maximum Gasteiger partial charge on any atom is 0.177 e. The van der Waals surface area contributed by atoms with Gasteiger partial charge in [-0.05, 0) is 30.7 Å². The third kappa shape index (κ3) is 5.62. The topological polar surface area (TPSA) is 118 Å². The number of aliphatic imine (C=N–C) groups is 1. The second-order valence-corrected chi connectivity index (χ2v) is 9.06. The summed E-state index contributed by atoms with van der Waals surface area (Å²) in [6, 6.07) is 12.3. The molecule has 4 rings (SSSR count). The van der Waals surface area contributed by atoms with Crippen LogP contribution in [-0.2, 0) is 14.6 Å². The molecular weight excluding hydrogens is 416 g/mol. The molecule has 2 N–H and O–H groups in total. The predicted octanol–water partition coefficient (Wildman–Crippen LogP) is 2.97. The predicted molar refractivity (Wildman–Crippen MR) is 119 cm³/mol. The number of pyridine rings is 1. The number of hydrogen-bond acceptors (Lipinski definition) is 9. The van der Waals surface area contributed by atoms with Crippen LogP contribution in [0.4, 0.5) is 23.1 Å². The Labute approximate surface area is 180 Å². The van der Waals surface area contributed by atoms with Crippen LogP contribution in [0.5, 0.6) is 0 Å². The molecule has 1 saturated heterocycles. The number of nitrogens with zero attached hydrogens (tertiary/aromatic N) is 4. The Morgan fingerprint density at radius 2 is 1.87 bits per heavy atom. The van der Waals surface area contributed by atoms with E-state index >= 15 is 0 Å². The van der Waals surface area contributed by atoms with Crippen molar-refractivity contribution >= 4 is 39.2 Å². The highest BCUT2D eigenvalue weighted by Gasteiger charge is 2.14. The lowest BCUT2D eigenvalue weighted by molar-refractivity contribution is 0.194. The molecule has 9 nitrogen and oxygen atoms in total. The fraction of sp³-hybridized carbons (Fsp3) is 0.238. The highest BCUT2D eigenvalue weighted by molar-refractivity contribution is 7.90. The largest absolute Gasteiger partial charge is 0.379 e. The Morgan fingerprint density at radius 1 is 1.06 bits per heavy atom. The highest BCUT2D eigenvalue weighted by Crippen LogP contribution is 2.25. The average Bonchev–Trinajstić information content (AvgIpc) is 3.27. The molecule has 0 amide bonds. The summed E-state index contributed by atoms with van der Waals surface area (Å²) in [5, 5.41) is 6.15. The lowest BCUT2D eigenvalue weighted by Gasteiger charge is -2.11. The second kappa shape index (κ2) is 9.19. The number of nitrogens with one attached hydrogen (secondary N) is 2. The molecule has 0 aliphatic carbocycles. The van der Waals surface area contributed by atoms with Crippen molar-refractivity contribution in [2.75, 3.05) is 30.1 Å². The number of aromatic nitrogens is 3. The number of anilines is 4. The summed E-state index contributed by atoms with van der Waals surface area (Å²) >= 11 is 0. The summed E-state index contributed by atoms with van der Waals surface area (Å²) in [4.78, 5) is 17.5. The number of hydrogen-bond donors (Lipinski definition) is 2. The molecular formula is C21H22N6O3S. The van der Waals surface area contributed by atoms with E-state index in [-0.39, 0.29) is 10.9 Å². The summed E-state index contributed by atoms with van der Waals surface area (Å²) in [6.07, 6.45) is 7.04. The molecule has 3 heterocycles. The molecule has 1 aliphatic heterocycles. The van der Waals surface area contributed by atoms with Crippen LogP contribution >= 0.6 is 0 Å². The van der Waals surface area contributed by atoms with Gasteiger partial charge in [-0.3, -0.25) is 4.99 Å². The zero-order valence-corrected chi connectivity index (χ0v) is 17.7. The van der Waals surface area contributed by atoms with Gasteiger partial charge in [0.1, 0.15) is 23.8 Å². The molecule has 1 atom stereocenters. The molecule has 1 fully saturated rings. The Balaban J connectivity index is 1.44. The minimum absolute atomic E-state index is 0.200. The van der Waals surface area contributed by atoms with Crippen molar-refractivity contribution in [1.82, 2.24) is 15.0 Å². The smallest absolute Gasteiger partial charge is 0.177 e. The maximum absolute atomic E-state index is 12.0. The highest BCUT2D eigenvalue weighted by atomic mass is 32.2. The van der Waals surface area contributed by atoms with E-state index < -0.39 is 9.84 Å². The van der Waals surface area contributed by atoms with Crippen LogP contribution in [0.2, 0.25) is 0 Å². The first-order chi connectivity index (χ1) is 15.0. The third-order valence-corrected chi connectivity index (χ3v) is 5.75. The molecule has 1 aliphatic rings. The van der Waals surface area contributed by atoms with Crippen LogP contribution in [0.3, 0.4) is 0 Å². The zero-order chi connectivity index (χ0) is 21.7. The Morgan fingerprint density at radius 3 is 2.58 bits per heavy atom. The molecule has 0 radical (unpaired) electrons. The number of sulfone groups is 1. The second-order valence-electron chi connectivity index (χ2n) is 7.08. The van der Waals surface area contributed by atoms with E-state index in [1.165, 1.54) is 12.6 Å². The van der Waals surface area contributed by atoms with E-state index in [0.717, 1.165) is 18.6 Å². The Kier molecular flexibility index (Phi) is 6.19. The minimum Gasteiger partial charge on any atom is -0.379 e. The summed E-state index contributed by atoms with van der Waals surface area (Å²) in [6.45, 7) is 1.43. The van der Waals surface area contributed by atoms with E-state index in [1.807, 2.05) is 18.3 Å². The van der Waals surface area contributed by atoms with Crippen molar-refractivity contribution in [3.05, 3.63) is 60.6 Å². The van der Waals surface area contributed by atoms with E-state index in [9.17, 15) is 8.42 Å². The summed E-state index contributed by atoms with van der Waals surface area (Å²) in [5.41, 5.74) is 1.35. The van der Waals surface area contributed by atoms with Crippen molar-refractivity contribution < 1.29 is 13.2 Å². The van der Waals surface area contributed by atoms with Gasteiger partial charge >= 0.3 is 0 Å². The maximum atomic E-state index is 12.0. The zero-order valence-electron chi connectivity index (χ0n) is 16.9. The molecule has 10 heteroatoms. The normalized spacial score (nSPS) is 16.5. The van der Waals surface area contributed by atoms with E-state index in [2.05, 4.69) is 30.6 Å². The van der Waals surface area contributed by atoms with Gasteiger partial charge < -0.3 is 15.4 Å². The molecule has 2 aromatic heterocycles. The van der Waals surface area contributed by atoms with E-state index in [4.69, 9.17) is 4.74 Å². The van der Waals surface area contributed by atoms with Gasteiger partial charge in [-0.1, -0.05) is 12.1 Å². The van der Waals surface area contributed by atoms with Crippen molar-refractivity contribution in [3.63, 3.8) is 0 Å². The molecule has 1 aromatic carbocycles. The third-order valence-electron chi connectivity index (χ3n) is 4.60. The van der Waals surface area contributed by atoms with Gasteiger partial charge in [0, 0.05) is 36.9 Å². The molecule has 1 unspecified atom stereocenters. The van der Waals surface area contributed by atoms with Crippen LogP contribution in [0, 0.1) is 0 Å². The van der Waals surface area contributed by atoms with Crippen LogP contribution in [0.1, 0.15) is 12.0 Å². The first-order valence-corrected chi connectivity index (χ1v) is 11.6. The van der Waals surface area contributed by atoms with Crippen molar-refractivity contribution in [2.24, 2.45) is 4.99 Å². The fourth-order valence-electron chi connectivity index (χ4n) is 3.04. The van der Waals surface area contributed by atoms with Gasteiger partial charge in [-0.15, -0.1) is 0 Å². The Bertz CT molecular complexity index is 1180. The monoisotopic (exact) mass is 438 g/mol. The van der Waals surface area contributed by atoms with Gasteiger partial charge in [-0.2, -0.15) is 0 Å². The van der Waals surface area contributed by atoms with Crippen molar-refractivity contribution in [2.45, 2.75) is 17.4 Å². The number of benzene rings is 1. The van der Waals surface area contributed by atoms with Gasteiger partial charge in [0.25, 0.3) is 0 Å². The molecule has 160 valence electrons. The van der Waals surface area contributed by atoms with Crippen molar-refractivity contribution in [1.29, 1.82) is 0 Å². The molecule has 0 spiro atoms. The number of rotatable bonds is 7. The van der Waals surface area contributed by atoms with Gasteiger partial charge in [0.2, 0.25) is 0 Å². The number of para-hydroxylation sites is 1. The van der Waals surface area contributed by atoms with Gasteiger partial charge in [-0.25, -0.2) is 23.4 Å². The minimum atomic E-state index is -3.38. The fourth-order valence-corrected chi connectivity index (χ4v) is 3.89. The van der Waals surface area contributed by atoms with Crippen LogP contribution < -0.4 is 10.6 Å². The first-order valence-electron chi connectivity index (χ1n) is 9.69. The van der Waals surface area contributed by atoms with E-state index in [0.29, 0.717) is 29.7 Å². The Hall–Kier alpha value is -3.37. The van der Waals surface area contributed by atoms with Gasteiger partial charge in [0.05, 0.1) is 23.2 Å². The van der Waals surface area contributed by atoms with Crippen LogP contribution in [0.15, 0.2) is 64.9 Å². The lowest BCUT2D eigenvalue weighted by Crippen LogP contribution is -2.04. The standard InChI is InChI=1S/C21H22N6O3S/c1-31(28,29)18-5-3-2-4-17(18)26-20-10-21(25-14-24-20)27-19-7-6-15(12-23-19)11-22-16-8-9-30-13-16/h2-7,10-12,14,16H,8-9,13H2,1H3,(H2,23,24,25,26,27). The lowest BCUT2D eigenvalue weighted by atomic mass is 10.2. The summed E-state index contributed by atoms with van der Waals surface area (Å²) in [7, 11) is -3.38. The molecule has 0 saturated carbocycles. The first kappa shape index (κ1) is 20.9. The number of ether oxygens (including phenoxy) is 1. The van der Waals surface area contributed by atoms with Crippen LogP contribution in [-0.4, -0.2) is 55.1 Å². The van der Waals surface area contributed by atoms with Crippen LogP contribution in [0.25, 0.3) is 0 Å². The quantitative estimate of drug-likeness (QED) is 0.541. The molecule has 3 aromatic rings. The SMILES string of the molecule is CS(=O)(=O)c1ccccc1Nc1cc(Nc2ccc(C=NC3CCOC3)cn2)ncn1. The molecule has 0 bridgehead atoms. The molecule has 31 heavy (non-hydrogen) atoms. The summed E-state index contributed by atoms with van der Waals surface area (Å²) < 4.78 is 29.3. The average molecular weight is 439 g/mol.